The second-order valence-corrected chi connectivity index (χ2v) is 14.8. The molecule has 4 aromatic rings. The Morgan fingerprint density at radius 3 is 1.44 bits per heavy atom. The standard InChI is InChI=1S/C35H43N7O2.C6H8O4.2H3N.Pt/c1-40(2)28-11-7-25(8-12-28)38-35-29-13-9-26(36-33(43)15-21-41-17-3-4-18-41)23-31(29)39-32-24-27(10-14-30(32)35)37-34(44)16-22-42-19-5-6-20-42;7-4(8)6(5(9)10)2-1-3-6;;;/h7-14,23-24H,3-6,15-22H2,1-2H3,(H,36,43)(H,37,44)(H,38,39);1-3H2,(H,7,8)(H,9,10);2*1H3;. The Morgan fingerprint density at radius 2 is 1.09 bits per heavy atom. The van der Waals surface area contributed by atoms with Crippen LogP contribution in [0.5, 0.6) is 0 Å². The van der Waals surface area contributed by atoms with Crippen molar-refractivity contribution in [2.45, 2.75) is 57.8 Å². The molecule has 11 N–H and O–H groups in total. The predicted octanol–water partition coefficient (Wildman–Crippen LogP) is 6.69. The molecule has 7 rings (SSSR count). The number of nitrogens with zero attached hydrogens (tertiary/aromatic N) is 4. The van der Waals surface area contributed by atoms with Crippen LogP contribution in [-0.2, 0) is 40.2 Å². The molecule has 2 saturated heterocycles. The summed E-state index contributed by atoms with van der Waals surface area (Å²) in [5.74, 6) is -2.39. The number of nitrogens with one attached hydrogen (secondary N) is 3. The van der Waals surface area contributed by atoms with E-state index < -0.39 is 17.4 Å². The molecule has 1 saturated carbocycles. The maximum absolute atomic E-state index is 12.8. The number of anilines is 5. The summed E-state index contributed by atoms with van der Waals surface area (Å²) in [6, 6.07) is 20.1. The summed E-state index contributed by atoms with van der Waals surface area (Å²) in [7, 11) is 4.05. The monoisotopic (exact) mass is 966 g/mol. The van der Waals surface area contributed by atoms with E-state index in [9.17, 15) is 19.2 Å². The Labute approximate surface area is 348 Å². The predicted molar refractivity (Wildman–Crippen MR) is 223 cm³/mol. The number of aliphatic carboxylic acids is 2. The minimum absolute atomic E-state index is 0. The molecule has 0 unspecified atom stereocenters. The Balaban J connectivity index is 0.000000587. The topological polar surface area (TPSA) is 237 Å². The van der Waals surface area contributed by atoms with Crippen LogP contribution in [0.15, 0.2) is 60.7 Å². The number of fused-ring (bicyclic) bond motifs is 2. The molecule has 15 nitrogen and oxygen atoms in total. The number of rotatable bonds is 13. The third-order valence-electron chi connectivity index (χ3n) is 10.7. The fraction of sp³-hybridized carbons (Fsp3) is 0.439. The third kappa shape index (κ3) is 11.7. The van der Waals surface area contributed by atoms with Gasteiger partial charge in [0.25, 0.3) is 0 Å². The van der Waals surface area contributed by atoms with Gasteiger partial charge in [0, 0.05) is 94.6 Å². The van der Waals surface area contributed by atoms with E-state index in [1.165, 1.54) is 25.7 Å². The van der Waals surface area contributed by atoms with Crippen molar-refractivity contribution in [2.24, 2.45) is 5.41 Å². The molecule has 0 radical (unpaired) electrons. The van der Waals surface area contributed by atoms with Gasteiger partial charge >= 0.3 is 11.9 Å². The second-order valence-electron chi connectivity index (χ2n) is 14.8. The molecule has 16 heteroatoms. The van der Waals surface area contributed by atoms with Crippen LogP contribution in [0, 0.1) is 5.41 Å². The van der Waals surface area contributed by atoms with E-state index >= 15 is 0 Å². The van der Waals surface area contributed by atoms with Crippen molar-refractivity contribution in [3.8, 4) is 0 Å². The van der Waals surface area contributed by atoms with Crippen LogP contribution >= 0.6 is 0 Å². The molecule has 3 fully saturated rings. The van der Waals surface area contributed by atoms with Crippen molar-refractivity contribution in [3.05, 3.63) is 60.7 Å². The molecule has 2 aliphatic heterocycles. The summed E-state index contributed by atoms with van der Waals surface area (Å²) < 4.78 is 0. The van der Waals surface area contributed by atoms with Gasteiger partial charge in [-0.3, -0.25) is 19.2 Å². The molecule has 0 bridgehead atoms. The fourth-order valence-electron chi connectivity index (χ4n) is 7.25. The van der Waals surface area contributed by atoms with Gasteiger partial charge in [0.05, 0.1) is 16.7 Å². The zero-order chi connectivity index (χ0) is 38.2. The first-order chi connectivity index (χ1) is 26.0. The van der Waals surface area contributed by atoms with E-state index in [0.717, 1.165) is 89.5 Å². The maximum Gasteiger partial charge on any atom is 0.321 e. The van der Waals surface area contributed by atoms with Crippen LogP contribution in [0.4, 0.5) is 28.4 Å². The third-order valence-corrected chi connectivity index (χ3v) is 10.7. The largest absolute Gasteiger partial charge is 0.480 e. The molecule has 1 aromatic heterocycles. The van der Waals surface area contributed by atoms with Crippen LogP contribution in [0.25, 0.3) is 21.8 Å². The molecule has 0 spiro atoms. The number of aromatic nitrogens is 1. The second kappa shape index (κ2) is 21.2. The van der Waals surface area contributed by atoms with Crippen LogP contribution in [0.3, 0.4) is 0 Å². The minimum atomic E-state index is -1.44. The van der Waals surface area contributed by atoms with Gasteiger partial charge in [0.15, 0.2) is 5.41 Å². The number of amides is 2. The first-order valence-electron chi connectivity index (χ1n) is 18.9. The van der Waals surface area contributed by atoms with Gasteiger partial charge in [-0.15, -0.1) is 0 Å². The molecule has 3 heterocycles. The van der Waals surface area contributed by atoms with E-state index in [0.29, 0.717) is 19.3 Å². The minimum Gasteiger partial charge on any atom is -0.480 e. The number of carboxylic acid groups (broad SMARTS) is 2. The number of hydrogen-bond donors (Lipinski definition) is 7. The quantitative estimate of drug-likeness (QED) is 0.0547. The number of carboxylic acids is 2. The van der Waals surface area contributed by atoms with Crippen LogP contribution in [0.1, 0.15) is 57.8 Å². The first kappa shape index (κ1) is 46.7. The molecule has 312 valence electrons. The molecular weight excluding hydrogens is 910 g/mol. The Morgan fingerprint density at radius 1 is 0.667 bits per heavy atom. The summed E-state index contributed by atoms with van der Waals surface area (Å²) in [4.78, 5) is 58.0. The Hall–Kier alpha value is -4.66. The molecule has 0 atom stereocenters. The number of carbonyl (C=O) groups is 4. The maximum atomic E-state index is 12.8. The van der Waals surface area contributed by atoms with Crippen molar-refractivity contribution in [3.63, 3.8) is 0 Å². The summed E-state index contributed by atoms with van der Waals surface area (Å²) in [5.41, 5.74) is 4.55. The normalized spacial score (nSPS) is 15.8. The van der Waals surface area contributed by atoms with Crippen molar-refractivity contribution in [1.82, 2.24) is 27.1 Å². The average Bonchev–Trinajstić information content (AvgIpc) is 3.84. The first-order valence-corrected chi connectivity index (χ1v) is 18.9. The average molecular weight is 967 g/mol. The number of hydrogen-bond acceptors (Lipinski definition) is 11. The summed E-state index contributed by atoms with van der Waals surface area (Å²) in [5, 5.41) is 28.6. The number of benzene rings is 3. The molecular formula is C41H57N9O6Pt. The van der Waals surface area contributed by atoms with E-state index in [1.54, 1.807) is 0 Å². The van der Waals surface area contributed by atoms with E-state index in [2.05, 4.69) is 54.9 Å². The van der Waals surface area contributed by atoms with Crippen molar-refractivity contribution in [1.29, 1.82) is 0 Å². The number of pyridine rings is 1. The summed E-state index contributed by atoms with van der Waals surface area (Å²) in [6.07, 6.45) is 7.06. The van der Waals surface area contributed by atoms with Gasteiger partial charge < -0.3 is 53.2 Å². The summed E-state index contributed by atoms with van der Waals surface area (Å²) >= 11 is 0. The van der Waals surface area contributed by atoms with E-state index in [1.807, 2.05) is 50.5 Å². The van der Waals surface area contributed by atoms with E-state index in [4.69, 9.17) is 15.2 Å². The Kier molecular flexibility index (Phi) is 17.4. The zero-order valence-corrected chi connectivity index (χ0v) is 35.2. The molecule has 1 aliphatic carbocycles. The van der Waals surface area contributed by atoms with Gasteiger partial charge in [-0.25, -0.2) is 4.98 Å². The molecule has 2 amide bonds. The van der Waals surface area contributed by atoms with Crippen LogP contribution in [-0.4, -0.2) is 102 Å². The van der Waals surface area contributed by atoms with Gasteiger partial charge in [0.2, 0.25) is 11.8 Å². The Bertz CT molecular complexity index is 1890. The SMILES string of the molecule is CN(C)c1ccc(Nc2c3ccc(NC(=O)CCN4CCCC4)cc3nc3cc(NC(=O)CCN4CCCC4)ccc23)cc1.N.N.O=C(O)C1(C(=O)O)CCC1.[Pt]. The van der Waals surface area contributed by atoms with Crippen LogP contribution in [0.2, 0.25) is 0 Å². The van der Waals surface area contributed by atoms with Crippen LogP contribution < -0.4 is 33.2 Å². The fourth-order valence-corrected chi connectivity index (χ4v) is 7.25. The number of carbonyl (C=O) groups excluding carboxylic acids is 2. The molecule has 3 aromatic carbocycles. The van der Waals surface area contributed by atoms with E-state index in [-0.39, 0.29) is 58.0 Å². The van der Waals surface area contributed by atoms with Crippen molar-refractivity contribution in [2.75, 3.05) is 74.2 Å². The smallest absolute Gasteiger partial charge is 0.321 e. The van der Waals surface area contributed by atoms with Gasteiger partial charge in [0.1, 0.15) is 0 Å². The molecule has 3 aliphatic rings. The van der Waals surface area contributed by atoms with Crippen molar-refractivity contribution < 1.29 is 50.5 Å². The summed E-state index contributed by atoms with van der Waals surface area (Å²) in [6.45, 7) is 5.89. The van der Waals surface area contributed by atoms with Gasteiger partial charge in [-0.1, -0.05) is 0 Å². The number of likely N-dealkylation sites (tertiary alicyclic amines) is 2. The van der Waals surface area contributed by atoms with Crippen molar-refractivity contribution >= 4 is 74.0 Å². The van der Waals surface area contributed by atoms with Gasteiger partial charge in [-0.2, -0.15) is 0 Å². The zero-order valence-electron chi connectivity index (χ0n) is 32.9. The molecule has 57 heavy (non-hydrogen) atoms. The van der Waals surface area contributed by atoms with Gasteiger partial charge in [-0.05, 0) is 132 Å².